The van der Waals surface area contributed by atoms with Crippen LogP contribution in [0.25, 0.3) is 0 Å². The summed E-state index contributed by atoms with van der Waals surface area (Å²) < 4.78 is 18.9. The summed E-state index contributed by atoms with van der Waals surface area (Å²) in [7, 11) is 0. The Kier molecular flexibility index (Phi) is 3.00. The summed E-state index contributed by atoms with van der Waals surface area (Å²) in [6, 6.07) is 4.20. The Balaban J connectivity index is 2.27. The number of rotatable bonds is 2. The molecule has 0 radical (unpaired) electrons. The molecule has 0 bridgehead atoms. The van der Waals surface area contributed by atoms with Gasteiger partial charge in [0.2, 0.25) is 5.88 Å². The van der Waals surface area contributed by atoms with Crippen LogP contribution in [0.4, 0.5) is 10.2 Å². The van der Waals surface area contributed by atoms with Gasteiger partial charge in [0.15, 0.2) is 0 Å². The number of ether oxygens (including phenoxy) is 1. The topological polar surface area (TPSA) is 61.0 Å². The molecule has 1 aromatic carbocycles. The Hall–Kier alpha value is -1.69. The van der Waals surface area contributed by atoms with Crippen LogP contribution in [0.3, 0.4) is 0 Å². The number of aromatic nitrogens is 2. The third-order valence-electron chi connectivity index (χ3n) is 1.69. The van der Waals surface area contributed by atoms with E-state index in [-0.39, 0.29) is 11.7 Å². The number of anilines is 1. The van der Waals surface area contributed by atoms with Crippen molar-refractivity contribution >= 4 is 21.7 Å². The van der Waals surface area contributed by atoms with E-state index >= 15 is 0 Å². The van der Waals surface area contributed by atoms with Gasteiger partial charge in [-0.2, -0.15) is 4.98 Å². The van der Waals surface area contributed by atoms with Crippen molar-refractivity contribution in [1.29, 1.82) is 0 Å². The number of nitrogen functional groups attached to an aromatic ring is 1. The second-order valence-corrected chi connectivity index (χ2v) is 3.91. The molecule has 2 N–H and O–H groups in total. The van der Waals surface area contributed by atoms with E-state index in [0.717, 1.165) is 0 Å². The molecular formula is C10H7BrFN3O. The highest BCUT2D eigenvalue weighted by atomic mass is 79.9. The summed E-state index contributed by atoms with van der Waals surface area (Å²) in [5.41, 5.74) is 5.44. The van der Waals surface area contributed by atoms with Crippen molar-refractivity contribution in [3.05, 3.63) is 40.9 Å². The molecule has 0 saturated heterocycles. The summed E-state index contributed by atoms with van der Waals surface area (Å²) >= 11 is 3.16. The van der Waals surface area contributed by atoms with Crippen molar-refractivity contribution < 1.29 is 9.13 Å². The normalized spacial score (nSPS) is 10.1. The van der Waals surface area contributed by atoms with Crippen molar-refractivity contribution in [1.82, 2.24) is 9.97 Å². The monoisotopic (exact) mass is 283 g/mol. The molecule has 0 amide bonds. The highest BCUT2D eigenvalue weighted by molar-refractivity contribution is 9.10. The zero-order chi connectivity index (χ0) is 11.5. The molecule has 0 fully saturated rings. The minimum Gasteiger partial charge on any atom is -0.437 e. The van der Waals surface area contributed by atoms with Gasteiger partial charge >= 0.3 is 0 Å². The van der Waals surface area contributed by atoms with Crippen LogP contribution in [0.15, 0.2) is 35.1 Å². The van der Waals surface area contributed by atoms with Gasteiger partial charge in [0, 0.05) is 10.5 Å². The molecule has 0 unspecified atom stereocenters. The van der Waals surface area contributed by atoms with E-state index in [4.69, 9.17) is 10.5 Å². The summed E-state index contributed by atoms with van der Waals surface area (Å²) in [4.78, 5) is 7.69. The Morgan fingerprint density at radius 3 is 2.75 bits per heavy atom. The molecule has 0 spiro atoms. The van der Waals surface area contributed by atoms with Crippen LogP contribution in [0.5, 0.6) is 11.6 Å². The van der Waals surface area contributed by atoms with Crippen LogP contribution < -0.4 is 10.5 Å². The lowest BCUT2D eigenvalue weighted by Crippen LogP contribution is -1.94. The minimum atomic E-state index is -0.402. The molecule has 2 rings (SSSR count). The third-order valence-corrected chi connectivity index (χ3v) is 2.15. The van der Waals surface area contributed by atoms with Gasteiger partial charge in [-0.3, -0.25) is 4.98 Å². The van der Waals surface area contributed by atoms with Gasteiger partial charge in [-0.15, -0.1) is 0 Å². The Morgan fingerprint density at radius 1 is 1.25 bits per heavy atom. The van der Waals surface area contributed by atoms with E-state index in [2.05, 4.69) is 25.9 Å². The average Bonchev–Trinajstić information content (AvgIpc) is 2.15. The molecule has 0 aliphatic rings. The lowest BCUT2D eigenvalue weighted by Gasteiger charge is -2.05. The van der Waals surface area contributed by atoms with Gasteiger partial charge in [0.1, 0.15) is 17.4 Å². The summed E-state index contributed by atoms with van der Waals surface area (Å²) in [5.74, 6) is 0.387. The molecule has 0 atom stereocenters. The second kappa shape index (κ2) is 4.44. The zero-order valence-corrected chi connectivity index (χ0v) is 9.61. The molecular weight excluding hydrogens is 277 g/mol. The molecule has 0 aliphatic carbocycles. The maximum absolute atomic E-state index is 13.0. The largest absolute Gasteiger partial charge is 0.437 e. The lowest BCUT2D eigenvalue weighted by atomic mass is 10.3. The predicted octanol–water partition coefficient (Wildman–Crippen LogP) is 2.75. The summed E-state index contributed by atoms with van der Waals surface area (Å²) in [6.45, 7) is 0. The van der Waals surface area contributed by atoms with Crippen molar-refractivity contribution in [3.63, 3.8) is 0 Å². The van der Waals surface area contributed by atoms with E-state index in [0.29, 0.717) is 10.2 Å². The number of halogens is 2. The standard InChI is InChI=1S/C10H7BrFN3O/c11-6-1-7(12)3-8(2-6)16-10-5-14-4-9(13)15-10/h1-5H,(H2,13,15). The van der Waals surface area contributed by atoms with Gasteiger partial charge in [-0.1, -0.05) is 15.9 Å². The van der Waals surface area contributed by atoms with Gasteiger partial charge < -0.3 is 10.5 Å². The molecule has 4 nitrogen and oxygen atoms in total. The number of hydrogen-bond donors (Lipinski definition) is 1. The summed E-state index contributed by atoms with van der Waals surface area (Å²) in [6.07, 6.45) is 2.80. The van der Waals surface area contributed by atoms with Gasteiger partial charge in [0.25, 0.3) is 0 Å². The lowest BCUT2D eigenvalue weighted by molar-refractivity contribution is 0.456. The highest BCUT2D eigenvalue weighted by Gasteiger charge is 2.03. The Labute approximate surface area is 99.4 Å². The predicted molar refractivity (Wildman–Crippen MR) is 60.6 cm³/mol. The third kappa shape index (κ3) is 2.66. The van der Waals surface area contributed by atoms with Crippen molar-refractivity contribution in [2.24, 2.45) is 0 Å². The SMILES string of the molecule is Nc1cncc(Oc2cc(F)cc(Br)c2)n1. The van der Waals surface area contributed by atoms with Crippen LogP contribution in [-0.2, 0) is 0 Å². The van der Waals surface area contributed by atoms with E-state index in [9.17, 15) is 4.39 Å². The maximum Gasteiger partial charge on any atom is 0.239 e. The Bertz CT molecular complexity index is 501. The highest BCUT2D eigenvalue weighted by Crippen LogP contribution is 2.24. The van der Waals surface area contributed by atoms with E-state index in [1.165, 1.54) is 24.5 Å². The van der Waals surface area contributed by atoms with Gasteiger partial charge in [0.05, 0.1) is 12.4 Å². The van der Waals surface area contributed by atoms with Crippen molar-refractivity contribution in [2.45, 2.75) is 0 Å². The minimum absolute atomic E-state index is 0.220. The molecule has 82 valence electrons. The molecule has 6 heteroatoms. The molecule has 0 aliphatic heterocycles. The van der Waals surface area contributed by atoms with E-state index in [1.54, 1.807) is 6.07 Å². The van der Waals surface area contributed by atoms with E-state index < -0.39 is 5.82 Å². The first-order valence-electron chi connectivity index (χ1n) is 4.35. The van der Waals surface area contributed by atoms with Crippen molar-refractivity contribution in [2.75, 3.05) is 5.73 Å². The van der Waals surface area contributed by atoms with Gasteiger partial charge in [-0.05, 0) is 12.1 Å². The summed E-state index contributed by atoms with van der Waals surface area (Å²) in [5, 5.41) is 0. The first-order chi connectivity index (χ1) is 7.63. The van der Waals surface area contributed by atoms with E-state index in [1.807, 2.05) is 0 Å². The fourth-order valence-corrected chi connectivity index (χ4v) is 1.56. The van der Waals surface area contributed by atoms with Crippen LogP contribution in [0, 0.1) is 5.82 Å². The van der Waals surface area contributed by atoms with Gasteiger partial charge in [-0.25, -0.2) is 4.39 Å². The number of hydrogen-bond acceptors (Lipinski definition) is 4. The molecule has 1 heterocycles. The first-order valence-corrected chi connectivity index (χ1v) is 5.14. The van der Waals surface area contributed by atoms with Crippen LogP contribution >= 0.6 is 15.9 Å². The fourth-order valence-electron chi connectivity index (χ4n) is 1.12. The Morgan fingerprint density at radius 2 is 2.06 bits per heavy atom. The smallest absolute Gasteiger partial charge is 0.239 e. The molecule has 0 saturated carbocycles. The quantitative estimate of drug-likeness (QED) is 0.921. The van der Waals surface area contributed by atoms with Crippen LogP contribution in [0.1, 0.15) is 0 Å². The van der Waals surface area contributed by atoms with Crippen LogP contribution in [0.2, 0.25) is 0 Å². The number of nitrogens with two attached hydrogens (primary N) is 1. The van der Waals surface area contributed by atoms with Crippen LogP contribution in [-0.4, -0.2) is 9.97 Å². The van der Waals surface area contributed by atoms with Crippen molar-refractivity contribution in [3.8, 4) is 11.6 Å². The zero-order valence-electron chi connectivity index (χ0n) is 8.02. The maximum atomic E-state index is 13.0. The molecule has 2 aromatic rings. The average molecular weight is 284 g/mol. The number of nitrogens with zero attached hydrogens (tertiary/aromatic N) is 2. The number of benzene rings is 1. The first kappa shape index (κ1) is 10.8. The molecule has 16 heavy (non-hydrogen) atoms. The molecule has 1 aromatic heterocycles. The second-order valence-electron chi connectivity index (χ2n) is 2.99. The fraction of sp³-hybridized carbons (Fsp3) is 0.